The smallest absolute Gasteiger partial charge is 0.219 e. The fourth-order valence-corrected chi connectivity index (χ4v) is 0.955. The van der Waals surface area contributed by atoms with Crippen molar-refractivity contribution in [1.29, 1.82) is 0 Å². The lowest BCUT2D eigenvalue weighted by Gasteiger charge is -2.18. The number of unbranched alkanes of at least 4 members (excludes halogenated alkanes) is 1. The van der Waals surface area contributed by atoms with E-state index >= 15 is 0 Å². The van der Waals surface area contributed by atoms with Gasteiger partial charge in [0.15, 0.2) is 0 Å². The van der Waals surface area contributed by atoms with Crippen LogP contribution in [0.1, 0.15) is 46.5 Å². The van der Waals surface area contributed by atoms with Crippen LogP contribution in [-0.2, 0) is 0 Å². The number of nitro groups is 1. The number of hydrogen-bond donors (Lipinski definition) is 0. The zero-order valence-electron chi connectivity index (χ0n) is 7.59. The quantitative estimate of drug-likeness (QED) is 0.457. The Labute approximate surface area is 67.9 Å². The van der Waals surface area contributed by atoms with Gasteiger partial charge in [0.2, 0.25) is 5.54 Å². The van der Waals surface area contributed by atoms with Crippen molar-refractivity contribution in [2.24, 2.45) is 0 Å². The van der Waals surface area contributed by atoms with Crippen LogP contribution in [0.2, 0.25) is 0 Å². The molecule has 1 unspecified atom stereocenters. The molecule has 0 fully saturated rings. The zero-order chi connectivity index (χ0) is 8.91. The Hall–Kier alpha value is -0.600. The van der Waals surface area contributed by atoms with Crippen LogP contribution in [0.25, 0.3) is 0 Å². The van der Waals surface area contributed by atoms with Crippen molar-refractivity contribution in [3.05, 3.63) is 10.1 Å². The molecule has 0 N–H and O–H groups in total. The van der Waals surface area contributed by atoms with Gasteiger partial charge in [-0.2, -0.15) is 0 Å². The molecular weight excluding hydrogens is 142 g/mol. The van der Waals surface area contributed by atoms with Crippen LogP contribution < -0.4 is 0 Å². The number of nitrogens with zero attached hydrogens (tertiary/aromatic N) is 1. The van der Waals surface area contributed by atoms with Crippen LogP contribution in [0.15, 0.2) is 0 Å². The highest BCUT2D eigenvalue weighted by molar-refractivity contribution is 4.70. The van der Waals surface area contributed by atoms with Gasteiger partial charge < -0.3 is 0 Å². The van der Waals surface area contributed by atoms with E-state index in [-0.39, 0.29) is 4.92 Å². The summed E-state index contributed by atoms with van der Waals surface area (Å²) in [4.78, 5) is 10.4. The number of hydrogen-bond acceptors (Lipinski definition) is 2. The summed E-state index contributed by atoms with van der Waals surface area (Å²) in [5, 5.41) is 10.6. The van der Waals surface area contributed by atoms with Crippen LogP contribution in [0.4, 0.5) is 0 Å². The summed E-state index contributed by atoms with van der Waals surface area (Å²) in [6, 6.07) is 0. The van der Waals surface area contributed by atoms with E-state index in [0.717, 1.165) is 12.8 Å². The molecule has 3 nitrogen and oxygen atoms in total. The molecule has 66 valence electrons. The van der Waals surface area contributed by atoms with Crippen molar-refractivity contribution >= 4 is 0 Å². The lowest BCUT2D eigenvalue weighted by atomic mass is 9.93. The Morgan fingerprint density at radius 1 is 1.45 bits per heavy atom. The molecule has 0 aromatic carbocycles. The molecule has 0 rings (SSSR count). The van der Waals surface area contributed by atoms with E-state index in [1.807, 2.05) is 6.92 Å². The highest BCUT2D eigenvalue weighted by Gasteiger charge is 2.33. The summed E-state index contributed by atoms with van der Waals surface area (Å²) in [5.41, 5.74) is -0.685. The SMILES string of the molecule is CCCCC(C)(CC)[N+](=O)[O-]. The van der Waals surface area contributed by atoms with E-state index in [1.54, 1.807) is 6.92 Å². The van der Waals surface area contributed by atoms with Gasteiger partial charge in [0.25, 0.3) is 0 Å². The highest BCUT2D eigenvalue weighted by atomic mass is 16.6. The Balaban J connectivity index is 3.99. The number of rotatable bonds is 5. The van der Waals surface area contributed by atoms with Crippen molar-refractivity contribution in [1.82, 2.24) is 0 Å². The van der Waals surface area contributed by atoms with E-state index in [2.05, 4.69) is 6.92 Å². The third kappa shape index (κ3) is 2.87. The highest BCUT2D eigenvalue weighted by Crippen LogP contribution is 2.21. The van der Waals surface area contributed by atoms with Crippen molar-refractivity contribution in [2.75, 3.05) is 0 Å². The lowest BCUT2D eigenvalue weighted by Crippen LogP contribution is -2.33. The van der Waals surface area contributed by atoms with Gasteiger partial charge in [-0.1, -0.05) is 20.3 Å². The maximum Gasteiger partial charge on any atom is 0.219 e. The van der Waals surface area contributed by atoms with E-state index < -0.39 is 5.54 Å². The van der Waals surface area contributed by atoms with Crippen LogP contribution in [-0.4, -0.2) is 10.5 Å². The maximum atomic E-state index is 10.6. The van der Waals surface area contributed by atoms with Gasteiger partial charge in [-0.25, -0.2) is 0 Å². The van der Waals surface area contributed by atoms with Crippen molar-refractivity contribution < 1.29 is 4.92 Å². The summed E-state index contributed by atoms with van der Waals surface area (Å²) in [5.74, 6) is 0. The largest absolute Gasteiger partial charge is 0.264 e. The van der Waals surface area contributed by atoms with Gasteiger partial charge in [-0.15, -0.1) is 0 Å². The molecule has 0 saturated heterocycles. The molecule has 0 aliphatic heterocycles. The molecule has 0 aromatic heterocycles. The van der Waals surface area contributed by atoms with Crippen LogP contribution >= 0.6 is 0 Å². The summed E-state index contributed by atoms with van der Waals surface area (Å²) in [6.07, 6.45) is 3.31. The van der Waals surface area contributed by atoms with Gasteiger partial charge in [0.05, 0.1) is 0 Å². The topological polar surface area (TPSA) is 43.1 Å². The maximum absolute atomic E-state index is 10.6. The molecule has 0 saturated carbocycles. The molecule has 0 heterocycles. The second kappa shape index (κ2) is 4.31. The molecule has 0 spiro atoms. The van der Waals surface area contributed by atoms with Gasteiger partial charge in [0, 0.05) is 24.7 Å². The molecule has 11 heavy (non-hydrogen) atoms. The third-order valence-corrected chi connectivity index (χ3v) is 2.27. The minimum absolute atomic E-state index is 0.150. The van der Waals surface area contributed by atoms with Crippen LogP contribution in [0.5, 0.6) is 0 Å². The molecule has 0 aliphatic carbocycles. The zero-order valence-corrected chi connectivity index (χ0v) is 7.59. The molecule has 0 aromatic rings. The van der Waals surface area contributed by atoms with E-state index in [1.165, 1.54) is 0 Å². The van der Waals surface area contributed by atoms with E-state index in [0.29, 0.717) is 12.8 Å². The first kappa shape index (κ1) is 10.4. The molecular formula is C8H17NO2. The normalized spacial score (nSPS) is 15.9. The second-order valence-electron chi connectivity index (χ2n) is 3.21. The Kier molecular flexibility index (Phi) is 4.08. The minimum Gasteiger partial charge on any atom is -0.264 e. The fourth-order valence-electron chi connectivity index (χ4n) is 0.955. The van der Waals surface area contributed by atoms with Gasteiger partial charge >= 0.3 is 0 Å². The summed E-state index contributed by atoms with van der Waals surface area (Å²) in [6.45, 7) is 5.65. The molecule has 0 aliphatic rings. The molecule has 0 amide bonds. The Bertz CT molecular complexity index is 136. The third-order valence-electron chi connectivity index (χ3n) is 2.27. The van der Waals surface area contributed by atoms with E-state index in [4.69, 9.17) is 0 Å². The molecule has 0 radical (unpaired) electrons. The summed E-state index contributed by atoms with van der Waals surface area (Å²) < 4.78 is 0. The first-order valence-corrected chi connectivity index (χ1v) is 4.21. The minimum atomic E-state index is -0.685. The van der Waals surface area contributed by atoms with Gasteiger partial charge in [0.1, 0.15) is 0 Å². The first-order chi connectivity index (χ1) is 5.06. The van der Waals surface area contributed by atoms with Gasteiger partial charge in [-0.05, 0) is 6.42 Å². The predicted molar refractivity (Wildman–Crippen MR) is 45.2 cm³/mol. The monoisotopic (exact) mass is 159 g/mol. The van der Waals surface area contributed by atoms with Crippen molar-refractivity contribution in [3.63, 3.8) is 0 Å². The lowest BCUT2D eigenvalue weighted by molar-refractivity contribution is -0.567. The van der Waals surface area contributed by atoms with Crippen LogP contribution in [0, 0.1) is 10.1 Å². The standard InChI is InChI=1S/C8H17NO2/c1-4-6-7-8(3,5-2)9(10)11/h4-7H2,1-3H3. The van der Waals surface area contributed by atoms with E-state index in [9.17, 15) is 10.1 Å². The van der Waals surface area contributed by atoms with Crippen molar-refractivity contribution in [2.45, 2.75) is 52.0 Å². The average Bonchev–Trinajstić information content (AvgIpc) is 2.00. The Morgan fingerprint density at radius 2 is 2.00 bits per heavy atom. The van der Waals surface area contributed by atoms with Crippen LogP contribution in [0.3, 0.4) is 0 Å². The fraction of sp³-hybridized carbons (Fsp3) is 1.00. The summed E-state index contributed by atoms with van der Waals surface area (Å²) in [7, 11) is 0. The first-order valence-electron chi connectivity index (χ1n) is 4.21. The summed E-state index contributed by atoms with van der Waals surface area (Å²) >= 11 is 0. The van der Waals surface area contributed by atoms with Crippen molar-refractivity contribution in [3.8, 4) is 0 Å². The van der Waals surface area contributed by atoms with Gasteiger partial charge in [-0.3, -0.25) is 10.1 Å². The average molecular weight is 159 g/mol. The Morgan fingerprint density at radius 3 is 2.27 bits per heavy atom. The molecule has 0 bridgehead atoms. The molecule has 1 atom stereocenters. The predicted octanol–water partition coefficient (Wildman–Crippen LogP) is 2.62. The molecule has 3 heteroatoms. The second-order valence-corrected chi connectivity index (χ2v) is 3.21.